The fourth-order valence-corrected chi connectivity index (χ4v) is 4.13. The summed E-state index contributed by atoms with van der Waals surface area (Å²) in [6, 6.07) is 17.8. The van der Waals surface area contributed by atoms with E-state index >= 15 is 0 Å². The van der Waals surface area contributed by atoms with Crippen molar-refractivity contribution < 1.29 is 4.79 Å². The number of hydrogen-bond acceptors (Lipinski definition) is 2. The van der Waals surface area contributed by atoms with Crippen LogP contribution >= 0.6 is 11.6 Å². The third-order valence-corrected chi connectivity index (χ3v) is 6.01. The maximum absolute atomic E-state index is 12.9. The molecule has 3 aromatic rings. The topological polar surface area (TPSA) is 46.9 Å². The number of amides is 1. The van der Waals surface area contributed by atoms with Crippen LogP contribution in [0.5, 0.6) is 0 Å². The molecule has 0 bridgehead atoms. The van der Waals surface area contributed by atoms with Crippen molar-refractivity contribution in [1.82, 2.24) is 15.1 Å². The molecule has 1 amide bonds. The van der Waals surface area contributed by atoms with Crippen LogP contribution in [0.3, 0.4) is 0 Å². The van der Waals surface area contributed by atoms with Gasteiger partial charge >= 0.3 is 0 Å². The molecule has 4 nitrogen and oxygen atoms in total. The van der Waals surface area contributed by atoms with E-state index in [1.54, 1.807) is 0 Å². The smallest absolute Gasteiger partial charge is 0.225 e. The molecule has 144 valence electrons. The molecule has 1 aliphatic carbocycles. The highest BCUT2D eigenvalue weighted by Gasteiger charge is 2.40. The van der Waals surface area contributed by atoms with Gasteiger partial charge in [0.05, 0.1) is 23.3 Å². The average Bonchev–Trinajstić information content (AvgIpc) is 2.94. The quantitative estimate of drug-likeness (QED) is 0.671. The molecular formula is C23H24ClN3O. The largest absolute Gasteiger partial charge is 0.346 e. The third-order valence-electron chi connectivity index (χ3n) is 5.76. The van der Waals surface area contributed by atoms with Gasteiger partial charge in [0.2, 0.25) is 5.91 Å². The molecule has 0 aliphatic heterocycles. The lowest BCUT2D eigenvalue weighted by Crippen LogP contribution is -2.51. The Balaban J connectivity index is 1.54. The Kier molecular flexibility index (Phi) is 4.98. The van der Waals surface area contributed by atoms with Gasteiger partial charge in [-0.05, 0) is 62.9 Å². The van der Waals surface area contributed by atoms with Crippen molar-refractivity contribution >= 4 is 17.5 Å². The highest BCUT2D eigenvalue weighted by atomic mass is 35.5. The van der Waals surface area contributed by atoms with Crippen LogP contribution in [0.25, 0.3) is 5.69 Å². The van der Waals surface area contributed by atoms with Crippen molar-refractivity contribution in [2.75, 3.05) is 0 Å². The van der Waals surface area contributed by atoms with Crippen LogP contribution < -0.4 is 5.32 Å². The average molecular weight is 394 g/mol. The predicted octanol–water partition coefficient (Wildman–Crippen LogP) is 4.88. The molecule has 2 aromatic carbocycles. The van der Waals surface area contributed by atoms with Crippen LogP contribution in [0.1, 0.15) is 41.8 Å². The molecule has 1 aliphatic rings. The van der Waals surface area contributed by atoms with Crippen molar-refractivity contribution in [2.24, 2.45) is 0 Å². The highest BCUT2D eigenvalue weighted by Crippen LogP contribution is 2.41. The maximum Gasteiger partial charge on any atom is 0.225 e. The lowest BCUT2D eigenvalue weighted by atomic mass is 9.71. The summed E-state index contributed by atoms with van der Waals surface area (Å²) in [5, 5.41) is 8.66. The van der Waals surface area contributed by atoms with Gasteiger partial charge in [0, 0.05) is 16.3 Å². The van der Waals surface area contributed by atoms with E-state index in [1.807, 2.05) is 73.1 Å². The number of nitrogens with zero attached hydrogens (tertiary/aromatic N) is 2. The second-order valence-electron chi connectivity index (χ2n) is 7.56. The van der Waals surface area contributed by atoms with Gasteiger partial charge in [-0.25, -0.2) is 4.68 Å². The molecule has 0 unspecified atom stereocenters. The zero-order valence-electron chi connectivity index (χ0n) is 16.2. The van der Waals surface area contributed by atoms with E-state index in [0.29, 0.717) is 11.4 Å². The van der Waals surface area contributed by atoms with E-state index in [2.05, 4.69) is 10.4 Å². The molecule has 1 heterocycles. The number of benzene rings is 2. The first-order valence-electron chi connectivity index (χ1n) is 9.66. The minimum absolute atomic E-state index is 0.0356. The van der Waals surface area contributed by atoms with E-state index < -0.39 is 0 Å². The van der Waals surface area contributed by atoms with Gasteiger partial charge in [-0.2, -0.15) is 5.10 Å². The zero-order chi connectivity index (χ0) is 19.7. The molecule has 5 heteroatoms. The van der Waals surface area contributed by atoms with Crippen molar-refractivity contribution in [3.8, 4) is 5.69 Å². The maximum atomic E-state index is 12.9. The van der Waals surface area contributed by atoms with Gasteiger partial charge in [0.1, 0.15) is 0 Å². The lowest BCUT2D eigenvalue weighted by Gasteiger charge is -2.43. The first-order valence-corrected chi connectivity index (χ1v) is 10.0. The molecular weight excluding hydrogens is 370 g/mol. The van der Waals surface area contributed by atoms with Crippen molar-refractivity contribution in [3.05, 3.63) is 82.1 Å². The minimum Gasteiger partial charge on any atom is -0.346 e. The van der Waals surface area contributed by atoms with Crippen LogP contribution in [0.2, 0.25) is 5.02 Å². The van der Waals surface area contributed by atoms with Gasteiger partial charge in [-0.3, -0.25) is 4.79 Å². The Labute approximate surface area is 170 Å². The summed E-state index contributed by atoms with van der Waals surface area (Å²) in [5.74, 6) is 0.0356. The van der Waals surface area contributed by atoms with Gasteiger partial charge in [-0.15, -0.1) is 0 Å². The van der Waals surface area contributed by atoms with E-state index in [0.717, 1.165) is 47.5 Å². The summed E-state index contributed by atoms with van der Waals surface area (Å²) >= 11 is 6.03. The first kappa shape index (κ1) is 18.8. The second-order valence-corrected chi connectivity index (χ2v) is 8.00. The molecule has 1 aromatic heterocycles. The summed E-state index contributed by atoms with van der Waals surface area (Å²) in [5.41, 5.74) is 4.76. The standard InChI is InChI=1S/C23H24ClN3O/c1-16-21(17(2)27(26-16)20-7-4-3-5-8-20)15-22(28)25-23(13-6-14-23)18-9-11-19(24)12-10-18/h3-5,7-12H,6,13-15H2,1-2H3,(H,25,28). The molecule has 0 atom stereocenters. The van der Waals surface area contributed by atoms with Gasteiger partial charge in [-0.1, -0.05) is 41.9 Å². The number of aromatic nitrogens is 2. The first-order chi connectivity index (χ1) is 13.5. The van der Waals surface area contributed by atoms with Crippen molar-refractivity contribution in [1.29, 1.82) is 0 Å². The number of hydrogen-bond donors (Lipinski definition) is 1. The second kappa shape index (κ2) is 7.44. The number of halogens is 1. The predicted molar refractivity (Wildman–Crippen MR) is 112 cm³/mol. The Hall–Kier alpha value is -2.59. The highest BCUT2D eigenvalue weighted by molar-refractivity contribution is 6.30. The molecule has 0 spiro atoms. The molecule has 0 saturated heterocycles. The zero-order valence-corrected chi connectivity index (χ0v) is 17.0. The number of aryl methyl sites for hydroxylation is 1. The Morgan fingerprint density at radius 2 is 1.79 bits per heavy atom. The van der Waals surface area contributed by atoms with Gasteiger partial charge in [0.25, 0.3) is 0 Å². The van der Waals surface area contributed by atoms with Gasteiger partial charge in [0.15, 0.2) is 0 Å². The number of carbonyl (C=O) groups is 1. The Bertz CT molecular complexity index is 989. The summed E-state index contributed by atoms with van der Waals surface area (Å²) in [6.45, 7) is 3.99. The van der Waals surface area contributed by atoms with Crippen LogP contribution in [-0.4, -0.2) is 15.7 Å². The van der Waals surface area contributed by atoms with Crippen LogP contribution in [0, 0.1) is 13.8 Å². The van der Waals surface area contributed by atoms with E-state index in [-0.39, 0.29) is 11.4 Å². The summed E-state index contributed by atoms with van der Waals surface area (Å²) < 4.78 is 1.91. The Morgan fingerprint density at radius 1 is 1.11 bits per heavy atom. The van der Waals surface area contributed by atoms with E-state index in [4.69, 9.17) is 11.6 Å². The van der Waals surface area contributed by atoms with Crippen LogP contribution in [0.4, 0.5) is 0 Å². The summed E-state index contributed by atoms with van der Waals surface area (Å²) in [7, 11) is 0. The van der Waals surface area contributed by atoms with Crippen molar-refractivity contribution in [3.63, 3.8) is 0 Å². The SMILES string of the molecule is Cc1nn(-c2ccccc2)c(C)c1CC(=O)NC1(c2ccc(Cl)cc2)CCC1. The Morgan fingerprint density at radius 3 is 2.39 bits per heavy atom. The normalized spacial score (nSPS) is 15.1. The van der Waals surface area contributed by atoms with Crippen LogP contribution in [-0.2, 0) is 16.8 Å². The molecule has 4 rings (SSSR count). The molecule has 1 saturated carbocycles. The fourth-order valence-electron chi connectivity index (χ4n) is 4.01. The van der Waals surface area contributed by atoms with Crippen molar-refractivity contribution in [2.45, 2.75) is 45.1 Å². The number of nitrogens with one attached hydrogen (secondary N) is 1. The summed E-state index contributed by atoms with van der Waals surface area (Å²) in [6.07, 6.45) is 3.37. The number of rotatable bonds is 5. The molecule has 1 fully saturated rings. The summed E-state index contributed by atoms with van der Waals surface area (Å²) in [4.78, 5) is 12.9. The third kappa shape index (κ3) is 3.45. The monoisotopic (exact) mass is 393 g/mol. The van der Waals surface area contributed by atoms with E-state index in [9.17, 15) is 4.79 Å². The minimum atomic E-state index is -0.265. The van der Waals surface area contributed by atoms with Gasteiger partial charge < -0.3 is 5.32 Å². The molecule has 1 N–H and O–H groups in total. The molecule has 0 radical (unpaired) electrons. The fraction of sp³-hybridized carbons (Fsp3) is 0.304. The number of carbonyl (C=O) groups excluding carboxylic acids is 1. The van der Waals surface area contributed by atoms with E-state index in [1.165, 1.54) is 0 Å². The number of para-hydroxylation sites is 1. The lowest BCUT2D eigenvalue weighted by molar-refractivity contribution is -0.123. The molecule has 28 heavy (non-hydrogen) atoms. The van der Waals surface area contributed by atoms with Crippen LogP contribution in [0.15, 0.2) is 54.6 Å².